The van der Waals surface area contributed by atoms with Crippen molar-refractivity contribution in [2.75, 3.05) is 29.4 Å². The van der Waals surface area contributed by atoms with Crippen molar-refractivity contribution in [2.45, 2.75) is 32.2 Å². The number of hydrogen-bond donors (Lipinski definition) is 1. The average Bonchev–Trinajstić information content (AvgIpc) is 3.47. The maximum absolute atomic E-state index is 14.0. The van der Waals surface area contributed by atoms with E-state index in [4.69, 9.17) is 0 Å². The number of nitrogens with one attached hydrogen (secondary N) is 1. The first-order valence-electron chi connectivity index (χ1n) is 11.9. The van der Waals surface area contributed by atoms with Gasteiger partial charge in [-0.2, -0.15) is 0 Å². The highest BCUT2D eigenvalue weighted by Crippen LogP contribution is 2.33. The van der Waals surface area contributed by atoms with Gasteiger partial charge in [0.05, 0.1) is 5.52 Å². The van der Waals surface area contributed by atoms with E-state index in [0.717, 1.165) is 48.5 Å². The Morgan fingerprint density at radius 3 is 2.74 bits per heavy atom. The SMILES string of the molecule is Cc1c(F)ccc2c1CCN2C(=O)c1ccnc(N2CCC(n3c(=O)[nH]c4ncccc43)CC2)c1. The van der Waals surface area contributed by atoms with Gasteiger partial charge < -0.3 is 9.80 Å². The Morgan fingerprint density at radius 2 is 1.91 bits per heavy atom. The minimum atomic E-state index is -0.237. The van der Waals surface area contributed by atoms with E-state index in [1.165, 1.54) is 6.07 Å². The second-order valence-electron chi connectivity index (χ2n) is 9.17. The first-order valence-corrected chi connectivity index (χ1v) is 11.9. The highest BCUT2D eigenvalue weighted by molar-refractivity contribution is 6.07. The second-order valence-corrected chi connectivity index (χ2v) is 9.17. The van der Waals surface area contributed by atoms with Crippen LogP contribution in [0.15, 0.2) is 53.6 Å². The summed E-state index contributed by atoms with van der Waals surface area (Å²) < 4.78 is 15.8. The summed E-state index contributed by atoms with van der Waals surface area (Å²) in [6.45, 7) is 3.74. The average molecular weight is 473 g/mol. The van der Waals surface area contributed by atoms with Gasteiger partial charge in [0.15, 0.2) is 5.65 Å². The van der Waals surface area contributed by atoms with Gasteiger partial charge in [0.2, 0.25) is 0 Å². The van der Waals surface area contributed by atoms with Crippen molar-refractivity contribution in [3.05, 3.63) is 81.8 Å². The fraction of sp³-hybridized carbons (Fsp3) is 0.308. The van der Waals surface area contributed by atoms with Crippen molar-refractivity contribution >= 4 is 28.6 Å². The normalized spacial score (nSPS) is 16.2. The van der Waals surface area contributed by atoms with Crippen LogP contribution in [-0.2, 0) is 6.42 Å². The summed E-state index contributed by atoms with van der Waals surface area (Å²) in [7, 11) is 0. The molecule has 0 unspecified atom stereocenters. The molecule has 9 heteroatoms. The van der Waals surface area contributed by atoms with Gasteiger partial charge in [-0.05, 0) is 73.7 Å². The number of hydrogen-bond acceptors (Lipinski definition) is 5. The number of imidazole rings is 1. The number of aromatic amines is 1. The molecule has 2 aliphatic rings. The highest BCUT2D eigenvalue weighted by Gasteiger charge is 2.29. The molecule has 1 N–H and O–H groups in total. The summed E-state index contributed by atoms with van der Waals surface area (Å²) in [5, 5.41) is 0. The summed E-state index contributed by atoms with van der Waals surface area (Å²) in [4.78, 5) is 41.4. The van der Waals surface area contributed by atoms with Crippen molar-refractivity contribution in [1.82, 2.24) is 19.5 Å². The van der Waals surface area contributed by atoms with Gasteiger partial charge >= 0.3 is 5.69 Å². The van der Waals surface area contributed by atoms with Gasteiger partial charge in [-0.3, -0.25) is 14.3 Å². The molecular weight excluding hydrogens is 447 g/mol. The van der Waals surface area contributed by atoms with Gasteiger partial charge in [0.25, 0.3) is 5.91 Å². The molecule has 0 atom stereocenters. The van der Waals surface area contributed by atoms with Crippen LogP contribution in [0.5, 0.6) is 0 Å². The number of benzene rings is 1. The molecule has 178 valence electrons. The summed E-state index contributed by atoms with van der Waals surface area (Å²) in [5.41, 5.74) is 4.15. The number of halogens is 1. The Morgan fingerprint density at radius 1 is 1.09 bits per heavy atom. The number of nitrogens with zero attached hydrogens (tertiary/aromatic N) is 5. The summed E-state index contributed by atoms with van der Waals surface area (Å²) in [6, 6.07) is 10.5. The molecule has 1 amide bonds. The number of carbonyl (C=O) groups excluding carboxylic acids is 1. The van der Waals surface area contributed by atoms with E-state index in [2.05, 4.69) is 19.9 Å². The third kappa shape index (κ3) is 3.58. The maximum Gasteiger partial charge on any atom is 0.327 e. The quantitative estimate of drug-likeness (QED) is 0.492. The summed E-state index contributed by atoms with van der Waals surface area (Å²) in [5.74, 6) is 0.405. The number of H-pyrrole nitrogens is 1. The zero-order valence-corrected chi connectivity index (χ0v) is 19.4. The van der Waals surface area contributed by atoms with Gasteiger partial charge in [-0.15, -0.1) is 0 Å². The van der Waals surface area contributed by atoms with E-state index in [0.29, 0.717) is 29.7 Å². The minimum absolute atomic E-state index is 0.0752. The van der Waals surface area contributed by atoms with Crippen LogP contribution in [0, 0.1) is 12.7 Å². The zero-order chi connectivity index (χ0) is 24.1. The molecule has 2 aliphatic heterocycles. The molecule has 35 heavy (non-hydrogen) atoms. The zero-order valence-electron chi connectivity index (χ0n) is 19.4. The van der Waals surface area contributed by atoms with Crippen molar-refractivity contribution in [3.63, 3.8) is 0 Å². The van der Waals surface area contributed by atoms with E-state index in [9.17, 15) is 14.0 Å². The lowest BCUT2D eigenvalue weighted by molar-refractivity contribution is 0.0989. The van der Waals surface area contributed by atoms with E-state index in [-0.39, 0.29) is 23.5 Å². The van der Waals surface area contributed by atoms with Crippen molar-refractivity contribution < 1.29 is 9.18 Å². The number of piperidine rings is 1. The number of fused-ring (bicyclic) bond motifs is 2. The lowest BCUT2D eigenvalue weighted by Crippen LogP contribution is -2.37. The highest BCUT2D eigenvalue weighted by atomic mass is 19.1. The fourth-order valence-corrected chi connectivity index (χ4v) is 5.39. The van der Waals surface area contributed by atoms with E-state index in [1.807, 2.05) is 22.8 Å². The predicted octanol–water partition coefficient (Wildman–Crippen LogP) is 3.61. The molecule has 0 radical (unpaired) electrons. The molecule has 4 aromatic rings. The number of aromatic nitrogens is 4. The Balaban J connectivity index is 1.20. The largest absolute Gasteiger partial charge is 0.356 e. The molecule has 5 heterocycles. The standard InChI is InChI=1S/C26H25FN6O2/c1-16-19-9-14-32(21(19)5-4-20(16)27)25(34)17-6-11-28-23(15-17)31-12-7-18(8-13-31)33-22-3-2-10-29-24(22)30-26(33)35/h2-6,10-11,15,18H,7-9,12-14H2,1H3,(H,29,30,35). The predicted molar refractivity (Wildman–Crippen MR) is 132 cm³/mol. The van der Waals surface area contributed by atoms with Crippen LogP contribution in [-0.4, -0.2) is 45.1 Å². The molecule has 1 fully saturated rings. The summed E-state index contributed by atoms with van der Waals surface area (Å²) >= 11 is 0. The van der Waals surface area contributed by atoms with Crippen LogP contribution in [0.25, 0.3) is 11.2 Å². The molecule has 6 rings (SSSR count). The lowest BCUT2D eigenvalue weighted by Gasteiger charge is -2.33. The Kier molecular flexibility index (Phi) is 5.12. The monoisotopic (exact) mass is 472 g/mol. The molecule has 3 aromatic heterocycles. The van der Waals surface area contributed by atoms with Crippen LogP contribution in [0.3, 0.4) is 0 Å². The maximum atomic E-state index is 14.0. The number of anilines is 2. The first-order chi connectivity index (χ1) is 17.0. The fourth-order valence-electron chi connectivity index (χ4n) is 5.39. The van der Waals surface area contributed by atoms with Crippen LogP contribution < -0.4 is 15.5 Å². The van der Waals surface area contributed by atoms with Crippen LogP contribution in [0.2, 0.25) is 0 Å². The van der Waals surface area contributed by atoms with Gasteiger partial charge in [-0.1, -0.05) is 0 Å². The number of rotatable bonds is 3. The second kappa shape index (κ2) is 8.33. The Hall–Kier alpha value is -4.01. The number of carbonyl (C=O) groups is 1. The van der Waals surface area contributed by atoms with Crippen molar-refractivity contribution in [3.8, 4) is 0 Å². The Bertz CT molecular complexity index is 1500. The third-order valence-electron chi connectivity index (χ3n) is 7.27. The number of pyridine rings is 2. The molecule has 8 nitrogen and oxygen atoms in total. The van der Waals surface area contributed by atoms with E-state index < -0.39 is 0 Å². The first kappa shape index (κ1) is 21.5. The van der Waals surface area contributed by atoms with Gasteiger partial charge in [0, 0.05) is 49.3 Å². The topological polar surface area (TPSA) is 87.1 Å². The van der Waals surface area contributed by atoms with Crippen LogP contribution >= 0.6 is 0 Å². The molecule has 0 aliphatic carbocycles. The van der Waals surface area contributed by atoms with Crippen molar-refractivity contribution in [1.29, 1.82) is 0 Å². The van der Waals surface area contributed by atoms with E-state index in [1.54, 1.807) is 36.4 Å². The molecule has 0 saturated carbocycles. The number of amides is 1. The molecule has 0 spiro atoms. The van der Waals surface area contributed by atoms with E-state index >= 15 is 0 Å². The molecule has 1 aromatic carbocycles. The smallest absolute Gasteiger partial charge is 0.327 e. The van der Waals surface area contributed by atoms with Gasteiger partial charge in [-0.25, -0.2) is 19.2 Å². The van der Waals surface area contributed by atoms with Gasteiger partial charge in [0.1, 0.15) is 11.6 Å². The molecule has 0 bridgehead atoms. The van der Waals surface area contributed by atoms with Crippen molar-refractivity contribution in [2.24, 2.45) is 0 Å². The Labute approximate surface area is 201 Å². The lowest BCUT2D eigenvalue weighted by atomic mass is 10.0. The minimum Gasteiger partial charge on any atom is -0.356 e. The molecular formula is C26H25FN6O2. The van der Waals surface area contributed by atoms with Crippen LogP contribution in [0.4, 0.5) is 15.9 Å². The summed E-state index contributed by atoms with van der Waals surface area (Å²) in [6.07, 6.45) is 5.56. The molecule has 1 saturated heterocycles. The third-order valence-corrected chi connectivity index (χ3v) is 7.27. The van der Waals surface area contributed by atoms with Crippen LogP contribution in [0.1, 0.15) is 40.4 Å².